The minimum absolute atomic E-state index is 0.169. The summed E-state index contributed by atoms with van der Waals surface area (Å²) in [6, 6.07) is 5.10. The minimum atomic E-state index is -3.51. The van der Waals surface area contributed by atoms with Gasteiger partial charge in [0.25, 0.3) is 0 Å². The van der Waals surface area contributed by atoms with Crippen molar-refractivity contribution in [3.8, 4) is 0 Å². The van der Waals surface area contributed by atoms with E-state index in [0.29, 0.717) is 12.1 Å². The van der Waals surface area contributed by atoms with Gasteiger partial charge in [-0.05, 0) is 31.0 Å². The Bertz CT molecular complexity index is 500. The van der Waals surface area contributed by atoms with E-state index in [0.717, 1.165) is 5.56 Å². The number of methoxy groups -OCH3 is 1. The number of rotatable bonds is 6. The Balaban J connectivity index is 2.98. The molecule has 5 nitrogen and oxygen atoms in total. The maximum Gasteiger partial charge on any atom is 0.240 e. The molecule has 1 aromatic carbocycles. The SMILES string of the molecule is COC(C)CNS(=O)(=O)c1cccc(CN)c1C. The number of sulfonamides is 1. The second kappa shape index (κ2) is 6.29. The van der Waals surface area contributed by atoms with Crippen LogP contribution in [0.3, 0.4) is 0 Å². The predicted octanol–water partition coefficient (Wildman–Crippen LogP) is 0.767. The van der Waals surface area contributed by atoms with Crippen molar-refractivity contribution in [2.24, 2.45) is 5.73 Å². The number of hydrogen-bond acceptors (Lipinski definition) is 4. The third-order valence-electron chi connectivity index (χ3n) is 2.87. The molecule has 0 spiro atoms. The average Bonchev–Trinajstić information content (AvgIpc) is 2.36. The van der Waals surface area contributed by atoms with E-state index in [4.69, 9.17) is 10.5 Å². The van der Waals surface area contributed by atoms with E-state index in [1.165, 1.54) is 0 Å². The average molecular weight is 272 g/mol. The molecule has 0 radical (unpaired) electrons. The summed E-state index contributed by atoms with van der Waals surface area (Å²) in [5, 5.41) is 0. The van der Waals surface area contributed by atoms with Crippen molar-refractivity contribution < 1.29 is 13.2 Å². The Morgan fingerprint density at radius 3 is 2.67 bits per heavy atom. The first-order valence-corrected chi connectivity index (χ1v) is 7.21. The van der Waals surface area contributed by atoms with Gasteiger partial charge in [-0.1, -0.05) is 12.1 Å². The standard InChI is InChI=1S/C12H20N2O3S/c1-9(17-3)8-14-18(15,16)12-6-4-5-11(7-13)10(12)2/h4-6,9,14H,7-8,13H2,1-3H3. The maximum atomic E-state index is 12.1. The number of benzene rings is 1. The summed E-state index contributed by atoms with van der Waals surface area (Å²) in [5.74, 6) is 0. The lowest BCUT2D eigenvalue weighted by Crippen LogP contribution is -2.32. The summed E-state index contributed by atoms with van der Waals surface area (Å²) in [5.41, 5.74) is 7.09. The zero-order chi connectivity index (χ0) is 13.8. The summed E-state index contributed by atoms with van der Waals surface area (Å²) in [7, 11) is -1.97. The first-order valence-electron chi connectivity index (χ1n) is 5.73. The molecular formula is C12H20N2O3S. The van der Waals surface area contributed by atoms with Crippen molar-refractivity contribution in [1.82, 2.24) is 4.72 Å². The van der Waals surface area contributed by atoms with E-state index in [2.05, 4.69) is 4.72 Å². The van der Waals surface area contributed by atoms with Gasteiger partial charge in [0.15, 0.2) is 0 Å². The van der Waals surface area contributed by atoms with Gasteiger partial charge in [-0.15, -0.1) is 0 Å². The molecule has 1 unspecified atom stereocenters. The van der Waals surface area contributed by atoms with Crippen LogP contribution in [0.1, 0.15) is 18.1 Å². The summed E-state index contributed by atoms with van der Waals surface area (Å²) >= 11 is 0. The van der Waals surface area contributed by atoms with Gasteiger partial charge in [0, 0.05) is 20.2 Å². The van der Waals surface area contributed by atoms with Crippen LogP contribution in [0.4, 0.5) is 0 Å². The van der Waals surface area contributed by atoms with Crippen molar-refractivity contribution in [3.63, 3.8) is 0 Å². The van der Waals surface area contributed by atoms with Crippen LogP contribution in [0.25, 0.3) is 0 Å². The Morgan fingerprint density at radius 2 is 2.11 bits per heavy atom. The van der Waals surface area contributed by atoms with Crippen LogP contribution in [0.5, 0.6) is 0 Å². The Labute approximate surface area is 108 Å². The van der Waals surface area contributed by atoms with E-state index in [1.807, 2.05) is 6.07 Å². The monoisotopic (exact) mass is 272 g/mol. The van der Waals surface area contributed by atoms with Crippen molar-refractivity contribution in [2.75, 3.05) is 13.7 Å². The Morgan fingerprint density at radius 1 is 1.44 bits per heavy atom. The van der Waals surface area contributed by atoms with Gasteiger partial charge >= 0.3 is 0 Å². The van der Waals surface area contributed by atoms with Crippen LogP contribution in [0.2, 0.25) is 0 Å². The van der Waals surface area contributed by atoms with E-state index < -0.39 is 10.0 Å². The van der Waals surface area contributed by atoms with Crippen molar-refractivity contribution >= 4 is 10.0 Å². The highest BCUT2D eigenvalue weighted by Crippen LogP contribution is 2.18. The molecule has 0 saturated carbocycles. The lowest BCUT2D eigenvalue weighted by atomic mass is 10.1. The molecule has 6 heteroatoms. The van der Waals surface area contributed by atoms with Crippen LogP contribution in [-0.4, -0.2) is 28.2 Å². The number of nitrogens with two attached hydrogens (primary N) is 1. The fourth-order valence-electron chi connectivity index (χ4n) is 1.56. The first-order chi connectivity index (χ1) is 8.42. The van der Waals surface area contributed by atoms with E-state index in [-0.39, 0.29) is 17.5 Å². The van der Waals surface area contributed by atoms with Crippen LogP contribution >= 0.6 is 0 Å². The maximum absolute atomic E-state index is 12.1. The molecule has 3 N–H and O–H groups in total. The highest BCUT2D eigenvalue weighted by Gasteiger charge is 2.18. The summed E-state index contributed by atoms with van der Waals surface area (Å²) in [6.45, 7) is 4.12. The fourth-order valence-corrected chi connectivity index (χ4v) is 2.96. The molecule has 1 aromatic rings. The molecular weight excluding hydrogens is 252 g/mol. The van der Waals surface area contributed by atoms with Gasteiger partial charge in [-0.2, -0.15) is 0 Å². The van der Waals surface area contributed by atoms with Gasteiger partial charge < -0.3 is 10.5 Å². The highest BCUT2D eigenvalue weighted by molar-refractivity contribution is 7.89. The lowest BCUT2D eigenvalue weighted by molar-refractivity contribution is 0.122. The zero-order valence-corrected chi connectivity index (χ0v) is 11.8. The summed E-state index contributed by atoms with van der Waals surface area (Å²) in [4.78, 5) is 0.272. The molecule has 1 rings (SSSR count). The first kappa shape index (κ1) is 15.1. The van der Waals surface area contributed by atoms with Crippen molar-refractivity contribution in [1.29, 1.82) is 0 Å². The quantitative estimate of drug-likeness (QED) is 0.801. The van der Waals surface area contributed by atoms with Gasteiger partial charge in [-0.25, -0.2) is 13.1 Å². The van der Waals surface area contributed by atoms with E-state index >= 15 is 0 Å². The third-order valence-corrected chi connectivity index (χ3v) is 4.44. The fraction of sp³-hybridized carbons (Fsp3) is 0.500. The van der Waals surface area contributed by atoms with Crippen LogP contribution < -0.4 is 10.5 Å². The minimum Gasteiger partial charge on any atom is -0.380 e. The number of hydrogen-bond donors (Lipinski definition) is 2. The highest BCUT2D eigenvalue weighted by atomic mass is 32.2. The molecule has 0 fully saturated rings. The second-order valence-electron chi connectivity index (χ2n) is 4.14. The van der Waals surface area contributed by atoms with Crippen molar-refractivity contribution in [3.05, 3.63) is 29.3 Å². The van der Waals surface area contributed by atoms with Gasteiger partial charge in [0.1, 0.15) is 0 Å². The van der Waals surface area contributed by atoms with Gasteiger partial charge in [0.2, 0.25) is 10.0 Å². The summed E-state index contributed by atoms with van der Waals surface area (Å²) < 4.78 is 31.8. The van der Waals surface area contributed by atoms with Crippen LogP contribution in [0, 0.1) is 6.92 Å². The smallest absolute Gasteiger partial charge is 0.240 e. The molecule has 0 saturated heterocycles. The molecule has 0 amide bonds. The molecule has 0 bridgehead atoms. The molecule has 18 heavy (non-hydrogen) atoms. The second-order valence-corrected chi connectivity index (χ2v) is 5.88. The molecule has 0 aliphatic rings. The normalized spacial score (nSPS) is 13.6. The molecule has 0 aliphatic heterocycles. The van der Waals surface area contributed by atoms with E-state index in [9.17, 15) is 8.42 Å². The van der Waals surface area contributed by atoms with Crippen LogP contribution in [0.15, 0.2) is 23.1 Å². The Hall–Kier alpha value is -0.950. The van der Waals surface area contributed by atoms with Gasteiger partial charge in [-0.3, -0.25) is 0 Å². The predicted molar refractivity (Wildman–Crippen MR) is 70.7 cm³/mol. The van der Waals surface area contributed by atoms with Crippen molar-refractivity contribution in [2.45, 2.75) is 31.4 Å². The lowest BCUT2D eigenvalue weighted by Gasteiger charge is -2.14. The number of nitrogens with one attached hydrogen (secondary N) is 1. The molecule has 1 atom stereocenters. The molecule has 102 valence electrons. The number of ether oxygens (including phenoxy) is 1. The Kier molecular flexibility index (Phi) is 5.28. The zero-order valence-electron chi connectivity index (χ0n) is 10.9. The van der Waals surface area contributed by atoms with Gasteiger partial charge in [0.05, 0.1) is 11.0 Å². The summed E-state index contributed by atoms with van der Waals surface area (Å²) in [6.07, 6.45) is -0.169. The molecule has 0 aromatic heterocycles. The molecule has 0 aliphatic carbocycles. The van der Waals surface area contributed by atoms with E-state index in [1.54, 1.807) is 33.1 Å². The molecule has 0 heterocycles. The van der Waals surface area contributed by atoms with Crippen LogP contribution in [-0.2, 0) is 21.3 Å². The largest absolute Gasteiger partial charge is 0.380 e. The third kappa shape index (κ3) is 3.52. The topological polar surface area (TPSA) is 81.4 Å².